The van der Waals surface area contributed by atoms with Gasteiger partial charge in [0.2, 0.25) is 0 Å². The first-order chi connectivity index (χ1) is 6.63. The summed E-state index contributed by atoms with van der Waals surface area (Å²) in [6.07, 6.45) is 1.72. The van der Waals surface area contributed by atoms with Crippen LogP contribution in [-0.2, 0) is 0 Å². The quantitative estimate of drug-likeness (QED) is 0.799. The molecule has 3 heteroatoms. The third-order valence-electron chi connectivity index (χ3n) is 2.35. The first kappa shape index (κ1) is 10.8. The molecule has 0 aliphatic carbocycles. The lowest BCUT2D eigenvalue weighted by Crippen LogP contribution is -2.21. The van der Waals surface area contributed by atoms with Crippen molar-refractivity contribution in [2.24, 2.45) is 5.92 Å². The molecule has 1 rings (SSSR count). The molecule has 0 amide bonds. The van der Waals surface area contributed by atoms with Gasteiger partial charge in [0.05, 0.1) is 13.3 Å². The number of nitrogens with one attached hydrogen (secondary N) is 1. The second-order valence-corrected chi connectivity index (χ2v) is 3.76. The van der Waals surface area contributed by atoms with E-state index >= 15 is 0 Å². The molecule has 1 heterocycles. The van der Waals surface area contributed by atoms with Gasteiger partial charge in [0.1, 0.15) is 11.6 Å². The fourth-order valence-corrected chi connectivity index (χ4v) is 0.986. The first-order valence-corrected chi connectivity index (χ1v) is 4.90. The zero-order valence-electron chi connectivity index (χ0n) is 9.24. The monoisotopic (exact) mass is 194 g/mol. The number of aromatic nitrogens is 1. The smallest absolute Gasteiger partial charge is 0.137 e. The molecule has 0 aliphatic rings. The van der Waals surface area contributed by atoms with Crippen LogP contribution < -0.4 is 10.1 Å². The van der Waals surface area contributed by atoms with Gasteiger partial charge in [0, 0.05) is 6.04 Å². The molecule has 0 saturated carbocycles. The van der Waals surface area contributed by atoms with E-state index in [1.165, 1.54) is 0 Å². The highest BCUT2D eigenvalue weighted by atomic mass is 16.5. The van der Waals surface area contributed by atoms with E-state index in [1.54, 1.807) is 13.3 Å². The van der Waals surface area contributed by atoms with Crippen molar-refractivity contribution in [3.8, 4) is 5.75 Å². The number of hydrogen-bond acceptors (Lipinski definition) is 3. The van der Waals surface area contributed by atoms with Crippen molar-refractivity contribution in [1.29, 1.82) is 0 Å². The highest BCUT2D eigenvalue weighted by molar-refractivity contribution is 5.38. The highest BCUT2D eigenvalue weighted by Gasteiger charge is 2.06. The SMILES string of the molecule is COc1ccc(NC(C)C(C)C)nc1. The molecule has 14 heavy (non-hydrogen) atoms. The van der Waals surface area contributed by atoms with Gasteiger partial charge in [-0.3, -0.25) is 0 Å². The largest absolute Gasteiger partial charge is 0.495 e. The van der Waals surface area contributed by atoms with Gasteiger partial charge in [0.25, 0.3) is 0 Å². The van der Waals surface area contributed by atoms with Crippen molar-refractivity contribution in [3.05, 3.63) is 18.3 Å². The van der Waals surface area contributed by atoms with E-state index in [1.807, 2.05) is 12.1 Å². The second-order valence-electron chi connectivity index (χ2n) is 3.76. The van der Waals surface area contributed by atoms with E-state index < -0.39 is 0 Å². The standard InChI is InChI=1S/C11H18N2O/c1-8(2)9(3)13-11-6-5-10(14-4)7-12-11/h5-9H,1-4H3,(H,12,13). The fourth-order valence-electron chi connectivity index (χ4n) is 0.986. The molecule has 0 aromatic carbocycles. The molecule has 0 saturated heterocycles. The zero-order chi connectivity index (χ0) is 10.6. The Kier molecular flexibility index (Phi) is 3.74. The summed E-state index contributed by atoms with van der Waals surface area (Å²) in [4.78, 5) is 4.24. The van der Waals surface area contributed by atoms with Gasteiger partial charge < -0.3 is 10.1 Å². The Hall–Kier alpha value is -1.25. The molecule has 1 aromatic rings. The topological polar surface area (TPSA) is 34.1 Å². The number of hydrogen-bond donors (Lipinski definition) is 1. The van der Waals surface area contributed by atoms with E-state index in [-0.39, 0.29) is 0 Å². The Morgan fingerprint density at radius 1 is 1.29 bits per heavy atom. The van der Waals surface area contributed by atoms with E-state index in [9.17, 15) is 0 Å². The molecule has 3 nitrogen and oxygen atoms in total. The number of methoxy groups -OCH3 is 1. The maximum Gasteiger partial charge on any atom is 0.137 e. The van der Waals surface area contributed by atoms with Crippen molar-refractivity contribution in [2.75, 3.05) is 12.4 Å². The van der Waals surface area contributed by atoms with Crippen LogP contribution in [0.5, 0.6) is 5.75 Å². The van der Waals surface area contributed by atoms with Crippen LogP contribution in [0.4, 0.5) is 5.82 Å². The molecule has 0 fully saturated rings. The van der Waals surface area contributed by atoms with E-state index in [4.69, 9.17) is 4.74 Å². The summed E-state index contributed by atoms with van der Waals surface area (Å²) in [6.45, 7) is 6.51. The summed E-state index contributed by atoms with van der Waals surface area (Å²) in [7, 11) is 1.64. The zero-order valence-corrected chi connectivity index (χ0v) is 9.24. The minimum absolute atomic E-state index is 0.427. The van der Waals surface area contributed by atoms with E-state index in [2.05, 4.69) is 31.1 Å². The lowest BCUT2D eigenvalue weighted by atomic mass is 10.1. The molecular formula is C11H18N2O. The number of anilines is 1. The molecule has 0 aliphatic heterocycles. The molecule has 0 bridgehead atoms. The van der Waals surface area contributed by atoms with Gasteiger partial charge in [-0.2, -0.15) is 0 Å². The number of rotatable bonds is 4. The minimum atomic E-state index is 0.427. The number of pyridine rings is 1. The molecule has 1 unspecified atom stereocenters. The predicted molar refractivity (Wildman–Crippen MR) is 58.7 cm³/mol. The Labute approximate surface area is 85.5 Å². The highest BCUT2D eigenvalue weighted by Crippen LogP contribution is 2.13. The second kappa shape index (κ2) is 4.84. The maximum absolute atomic E-state index is 5.03. The van der Waals surface area contributed by atoms with Crippen molar-refractivity contribution < 1.29 is 4.74 Å². The van der Waals surface area contributed by atoms with Crippen molar-refractivity contribution in [3.63, 3.8) is 0 Å². The van der Waals surface area contributed by atoms with Crippen LogP contribution in [0.15, 0.2) is 18.3 Å². The van der Waals surface area contributed by atoms with Gasteiger partial charge in [-0.25, -0.2) is 4.98 Å². The van der Waals surface area contributed by atoms with E-state index in [0.29, 0.717) is 12.0 Å². The number of nitrogens with zero attached hydrogens (tertiary/aromatic N) is 1. The molecule has 0 spiro atoms. The van der Waals surface area contributed by atoms with Gasteiger partial charge in [0.15, 0.2) is 0 Å². The molecular weight excluding hydrogens is 176 g/mol. The maximum atomic E-state index is 5.03. The van der Waals surface area contributed by atoms with Crippen LogP contribution in [0.2, 0.25) is 0 Å². The van der Waals surface area contributed by atoms with Crippen LogP contribution in [0.1, 0.15) is 20.8 Å². The fraction of sp³-hybridized carbons (Fsp3) is 0.545. The Morgan fingerprint density at radius 3 is 2.43 bits per heavy atom. The summed E-state index contributed by atoms with van der Waals surface area (Å²) in [5, 5.41) is 3.33. The predicted octanol–water partition coefficient (Wildman–Crippen LogP) is 2.55. The van der Waals surface area contributed by atoms with Crippen molar-refractivity contribution >= 4 is 5.82 Å². The third kappa shape index (κ3) is 2.91. The molecule has 0 radical (unpaired) electrons. The van der Waals surface area contributed by atoms with Crippen LogP contribution in [-0.4, -0.2) is 18.1 Å². The summed E-state index contributed by atoms with van der Waals surface area (Å²) in [5.74, 6) is 2.28. The summed E-state index contributed by atoms with van der Waals surface area (Å²) < 4.78 is 5.03. The normalized spacial score (nSPS) is 12.6. The molecule has 1 atom stereocenters. The van der Waals surface area contributed by atoms with Crippen LogP contribution in [0.3, 0.4) is 0 Å². The average molecular weight is 194 g/mol. The summed E-state index contributed by atoms with van der Waals surface area (Å²) >= 11 is 0. The molecule has 1 N–H and O–H groups in total. The molecule has 1 aromatic heterocycles. The summed E-state index contributed by atoms with van der Waals surface area (Å²) in [6, 6.07) is 4.26. The van der Waals surface area contributed by atoms with Crippen LogP contribution in [0.25, 0.3) is 0 Å². The van der Waals surface area contributed by atoms with Gasteiger partial charge in [-0.05, 0) is 25.0 Å². The minimum Gasteiger partial charge on any atom is -0.495 e. The molecule has 78 valence electrons. The Morgan fingerprint density at radius 2 is 2.00 bits per heavy atom. The first-order valence-electron chi connectivity index (χ1n) is 4.90. The lowest BCUT2D eigenvalue weighted by Gasteiger charge is -2.17. The Balaban J connectivity index is 2.59. The lowest BCUT2D eigenvalue weighted by molar-refractivity contribution is 0.413. The van der Waals surface area contributed by atoms with Crippen LogP contribution in [0, 0.1) is 5.92 Å². The van der Waals surface area contributed by atoms with Gasteiger partial charge in [-0.1, -0.05) is 13.8 Å². The van der Waals surface area contributed by atoms with Crippen LogP contribution >= 0.6 is 0 Å². The van der Waals surface area contributed by atoms with Gasteiger partial charge in [-0.15, -0.1) is 0 Å². The van der Waals surface area contributed by atoms with E-state index in [0.717, 1.165) is 11.6 Å². The van der Waals surface area contributed by atoms with Gasteiger partial charge >= 0.3 is 0 Å². The number of ether oxygens (including phenoxy) is 1. The summed E-state index contributed by atoms with van der Waals surface area (Å²) in [5.41, 5.74) is 0. The average Bonchev–Trinajstić information content (AvgIpc) is 2.19. The van der Waals surface area contributed by atoms with Crippen molar-refractivity contribution in [1.82, 2.24) is 4.98 Å². The third-order valence-corrected chi connectivity index (χ3v) is 2.35. The Bertz CT molecular complexity index is 269. The van der Waals surface area contributed by atoms with Crippen molar-refractivity contribution in [2.45, 2.75) is 26.8 Å².